The van der Waals surface area contributed by atoms with Gasteiger partial charge in [0.2, 0.25) is 0 Å². The fraction of sp³-hybridized carbons (Fsp3) is 0.182. The molecule has 0 aliphatic rings. The highest BCUT2D eigenvalue weighted by molar-refractivity contribution is 14.1. The maximum absolute atomic E-state index is 12.8. The van der Waals surface area contributed by atoms with E-state index in [-0.39, 0.29) is 0 Å². The maximum Gasteiger partial charge on any atom is 0.179 e. The lowest BCUT2D eigenvalue weighted by Gasteiger charge is -2.07. The number of methoxy groups -OCH3 is 1. The molecule has 0 bridgehead atoms. The summed E-state index contributed by atoms with van der Waals surface area (Å²) in [6, 6.07) is 2.80. The Morgan fingerprint density at radius 2 is 2.17 bits per heavy atom. The molecule has 18 heavy (non-hydrogen) atoms. The number of nitrogens with zero attached hydrogens (tertiary/aromatic N) is 3. The van der Waals surface area contributed by atoms with Crippen LogP contribution in [-0.4, -0.2) is 22.1 Å². The zero-order valence-electron chi connectivity index (χ0n) is 9.32. The van der Waals surface area contributed by atoms with Gasteiger partial charge in [0.15, 0.2) is 5.82 Å². The van der Waals surface area contributed by atoms with Gasteiger partial charge in [-0.1, -0.05) is 11.6 Å². The molecule has 0 aliphatic heterocycles. The van der Waals surface area contributed by atoms with Crippen LogP contribution in [0.4, 0.5) is 4.39 Å². The monoisotopic (exact) mass is 379 g/mol. The second-order valence-corrected chi connectivity index (χ2v) is 4.83. The van der Waals surface area contributed by atoms with E-state index in [1.165, 1.54) is 12.1 Å². The minimum atomic E-state index is -0.410. The Morgan fingerprint density at radius 1 is 1.39 bits per heavy atom. The van der Waals surface area contributed by atoms with Crippen LogP contribution < -0.4 is 0 Å². The van der Waals surface area contributed by atoms with Crippen LogP contribution in [0.2, 0.25) is 5.15 Å². The van der Waals surface area contributed by atoms with Gasteiger partial charge in [-0.2, -0.15) is 0 Å². The summed E-state index contributed by atoms with van der Waals surface area (Å²) in [7, 11) is 1.57. The Labute approximate surface area is 122 Å². The van der Waals surface area contributed by atoms with Crippen LogP contribution in [0.25, 0.3) is 11.5 Å². The molecule has 0 amide bonds. The van der Waals surface area contributed by atoms with E-state index in [0.29, 0.717) is 29.0 Å². The summed E-state index contributed by atoms with van der Waals surface area (Å²) in [5.74, 6) is -0.0556. The molecule has 0 atom stereocenters. The number of halogens is 3. The number of aromatic nitrogens is 3. The Balaban J connectivity index is 2.48. The number of hydrogen-bond donors (Lipinski definition) is 0. The van der Waals surface area contributed by atoms with Crippen LogP contribution in [0.3, 0.4) is 0 Å². The molecule has 0 saturated heterocycles. The zero-order chi connectivity index (χ0) is 13.1. The fourth-order valence-electron chi connectivity index (χ4n) is 1.32. The third-order valence-corrected chi connectivity index (χ3v) is 3.84. The van der Waals surface area contributed by atoms with Crippen molar-refractivity contribution in [1.29, 1.82) is 0 Å². The van der Waals surface area contributed by atoms with E-state index in [1.54, 1.807) is 7.11 Å². The second-order valence-electron chi connectivity index (χ2n) is 3.39. The predicted octanol–water partition coefficient (Wildman–Crippen LogP) is 3.08. The number of hydrogen-bond acceptors (Lipinski definition) is 4. The first-order valence-electron chi connectivity index (χ1n) is 4.94. The number of ether oxygens (including phenoxy) is 1. The molecule has 0 N–H and O–H groups in total. The zero-order valence-corrected chi connectivity index (χ0v) is 12.2. The lowest BCUT2D eigenvalue weighted by atomic mass is 10.3. The topological polar surface area (TPSA) is 47.9 Å². The van der Waals surface area contributed by atoms with Crippen molar-refractivity contribution in [2.45, 2.75) is 6.61 Å². The molecule has 0 radical (unpaired) electrons. The van der Waals surface area contributed by atoms with E-state index in [0.717, 1.165) is 9.77 Å². The van der Waals surface area contributed by atoms with E-state index in [2.05, 4.69) is 37.5 Å². The lowest BCUT2D eigenvalue weighted by Crippen LogP contribution is -2.02. The SMILES string of the molecule is COCc1nc(-c2ccc(F)cn2)nc(Cl)c1I. The second kappa shape index (κ2) is 5.85. The van der Waals surface area contributed by atoms with E-state index in [4.69, 9.17) is 16.3 Å². The van der Waals surface area contributed by atoms with Crippen molar-refractivity contribution in [3.63, 3.8) is 0 Å². The van der Waals surface area contributed by atoms with Crippen LogP contribution in [0, 0.1) is 9.39 Å². The van der Waals surface area contributed by atoms with Gasteiger partial charge in [0.1, 0.15) is 16.7 Å². The van der Waals surface area contributed by atoms with Gasteiger partial charge < -0.3 is 4.74 Å². The summed E-state index contributed by atoms with van der Waals surface area (Å²) in [4.78, 5) is 12.4. The van der Waals surface area contributed by atoms with Crippen LogP contribution in [0.5, 0.6) is 0 Å². The van der Waals surface area contributed by atoms with Gasteiger partial charge in [-0.3, -0.25) is 0 Å². The van der Waals surface area contributed by atoms with E-state index in [1.807, 2.05) is 0 Å². The molecule has 0 spiro atoms. The van der Waals surface area contributed by atoms with Crippen molar-refractivity contribution in [3.8, 4) is 11.5 Å². The van der Waals surface area contributed by atoms with Crippen molar-refractivity contribution in [2.24, 2.45) is 0 Å². The van der Waals surface area contributed by atoms with Gasteiger partial charge in [-0.25, -0.2) is 19.3 Å². The average Bonchev–Trinajstić information content (AvgIpc) is 2.36. The highest BCUT2D eigenvalue weighted by atomic mass is 127. The molecule has 2 heterocycles. The quantitative estimate of drug-likeness (QED) is 0.607. The van der Waals surface area contributed by atoms with E-state index < -0.39 is 5.82 Å². The molecule has 2 aromatic heterocycles. The van der Waals surface area contributed by atoms with E-state index in [9.17, 15) is 4.39 Å². The first-order chi connectivity index (χ1) is 8.61. The van der Waals surface area contributed by atoms with Gasteiger partial charge in [-0.15, -0.1) is 0 Å². The molecular weight excluding hydrogens is 371 g/mol. The summed E-state index contributed by atoms with van der Waals surface area (Å²) in [6.45, 7) is 0.328. The lowest BCUT2D eigenvalue weighted by molar-refractivity contribution is 0.181. The molecular formula is C11H8ClFIN3O. The van der Waals surface area contributed by atoms with Crippen molar-refractivity contribution >= 4 is 34.2 Å². The number of pyridine rings is 1. The minimum Gasteiger partial charge on any atom is -0.378 e. The minimum absolute atomic E-state index is 0.328. The van der Waals surface area contributed by atoms with Crippen molar-refractivity contribution in [2.75, 3.05) is 7.11 Å². The van der Waals surface area contributed by atoms with Crippen LogP contribution in [-0.2, 0) is 11.3 Å². The van der Waals surface area contributed by atoms with Gasteiger partial charge in [0, 0.05) is 7.11 Å². The molecule has 0 unspecified atom stereocenters. The molecule has 0 saturated carbocycles. The van der Waals surface area contributed by atoms with Gasteiger partial charge in [0.25, 0.3) is 0 Å². The molecule has 2 aromatic rings. The van der Waals surface area contributed by atoms with Gasteiger partial charge in [-0.05, 0) is 34.7 Å². The Kier molecular flexibility index (Phi) is 4.41. The standard InChI is InChI=1S/C11H8ClFIN3O/c1-18-5-8-9(14)10(12)17-11(16-8)7-3-2-6(13)4-15-7/h2-4H,5H2,1H3. The van der Waals surface area contributed by atoms with Crippen molar-refractivity contribution in [3.05, 3.63) is 38.6 Å². The first-order valence-corrected chi connectivity index (χ1v) is 6.40. The van der Waals surface area contributed by atoms with Crippen LogP contribution >= 0.6 is 34.2 Å². The molecule has 4 nitrogen and oxygen atoms in total. The average molecular weight is 380 g/mol. The van der Waals surface area contributed by atoms with Crippen LogP contribution in [0.1, 0.15) is 5.69 Å². The molecule has 0 aromatic carbocycles. The van der Waals surface area contributed by atoms with Crippen molar-refractivity contribution < 1.29 is 9.13 Å². The molecule has 94 valence electrons. The molecule has 7 heteroatoms. The summed E-state index contributed by atoms with van der Waals surface area (Å²) in [6.07, 6.45) is 1.11. The Hall–Kier alpha value is -0.860. The van der Waals surface area contributed by atoms with Gasteiger partial charge >= 0.3 is 0 Å². The fourth-order valence-corrected chi connectivity index (χ4v) is 1.90. The predicted molar refractivity (Wildman–Crippen MR) is 73.7 cm³/mol. The Bertz CT molecular complexity index is 565. The smallest absolute Gasteiger partial charge is 0.179 e. The third-order valence-electron chi connectivity index (χ3n) is 2.12. The summed E-state index contributed by atoms with van der Waals surface area (Å²) < 4.78 is 18.6. The van der Waals surface area contributed by atoms with Crippen LogP contribution in [0.15, 0.2) is 18.3 Å². The van der Waals surface area contributed by atoms with Crippen molar-refractivity contribution in [1.82, 2.24) is 15.0 Å². The first kappa shape index (κ1) is 13.6. The normalized spacial score (nSPS) is 10.7. The highest BCUT2D eigenvalue weighted by Gasteiger charge is 2.12. The molecule has 0 aliphatic carbocycles. The highest BCUT2D eigenvalue weighted by Crippen LogP contribution is 2.23. The number of rotatable bonds is 3. The summed E-state index contributed by atoms with van der Waals surface area (Å²) in [5.41, 5.74) is 1.14. The maximum atomic E-state index is 12.8. The largest absolute Gasteiger partial charge is 0.378 e. The molecule has 0 fully saturated rings. The third kappa shape index (κ3) is 2.93. The summed E-state index contributed by atoms with van der Waals surface area (Å²) in [5, 5.41) is 0.332. The van der Waals surface area contributed by atoms with E-state index >= 15 is 0 Å². The van der Waals surface area contributed by atoms with Gasteiger partial charge in [0.05, 0.1) is 22.1 Å². The molecule has 2 rings (SSSR count). The summed E-state index contributed by atoms with van der Waals surface area (Å²) >= 11 is 8.07. The Morgan fingerprint density at radius 3 is 2.78 bits per heavy atom.